The summed E-state index contributed by atoms with van der Waals surface area (Å²) in [4.78, 5) is 21.2. The number of aliphatic imine (C=N–C) groups is 1. The molecule has 6 nitrogen and oxygen atoms in total. The van der Waals surface area contributed by atoms with E-state index in [-0.39, 0.29) is 12.0 Å². The second-order valence-electron chi connectivity index (χ2n) is 7.01. The van der Waals surface area contributed by atoms with E-state index in [0.717, 1.165) is 30.2 Å². The van der Waals surface area contributed by atoms with Gasteiger partial charge in [0.05, 0.1) is 19.1 Å². The van der Waals surface area contributed by atoms with Crippen molar-refractivity contribution in [1.29, 1.82) is 0 Å². The van der Waals surface area contributed by atoms with Crippen molar-refractivity contribution < 1.29 is 14.3 Å². The van der Waals surface area contributed by atoms with Crippen molar-refractivity contribution in [1.82, 2.24) is 9.80 Å². The van der Waals surface area contributed by atoms with Crippen molar-refractivity contribution in [2.45, 2.75) is 12.5 Å². The van der Waals surface area contributed by atoms with Gasteiger partial charge in [0.2, 0.25) is 0 Å². The van der Waals surface area contributed by atoms with E-state index in [1.807, 2.05) is 43.4 Å². The molecule has 1 saturated heterocycles. The first kappa shape index (κ1) is 18.8. The molecule has 0 N–H and O–H groups in total. The van der Waals surface area contributed by atoms with Gasteiger partial charge in [-0.2, -0.15) is 0 Å². The van der Waals surface area contributed by atoms with Gasteiger partial charge in [0.1, 0.15) is 17.3 Å². The molecular formula is C21H22ClN3O3. The number of ether oxygens (including phenoxy) is 2. The summed E-state index contributed by atoms with van der Waals surface area (Å²) in [6.45, 7) is 2.30. The zero-order valence-corrected chi connectivity index (χ0v) is 16.6. The summed E-state index contributed by atoms with van der Waals surface area (Å²) in [5, 5.41) is 0.610. The van der Waals surface area contributed by atoms with E-state index in [9.17, 15) is 4.79 Å². The number of carbonyl (C=O) groups excluding carboxylic acids is 1. The lowest BCUT2D eigenvalue weighted by atomic mass is 10.1. The average molecular weight is 400 g/mol. The van der Waals surface area contributed by atoms with E-state index < -0.39 is 0 Å². The number of nitrogens with zero attached hydrogens (tertiary/aromatic N) is 3. The lowest BCUT2D eigenvalue weighted by Gasteiger charge is -2.40. The van der Waals surface area contributed by atoms with Crippen LogP contribution in [-0.4, -0.2) is 61.4 Å². The Bertz CT molecular complexity index is 931. The minimum absolute atomic E-state index is 0.0547. The molecule has 2 aromatic rings. The summed E-state index contributed by atoms with van der Waals surface area (Å²) >= 11 is 6.19. The fourth-order valence-corrected chi connectivity index (χ4v) is 3.74. The zero-order chi connectivity index (χ0) is 19.7. The molecule has 0 bridgehead atoms. The van der Waals surface area contributed by atoms with Crippen LogP contribution >= 0.6 is 11.6 Å². The van der Waals surface area contributed by atoms with Crippen molar-refractivity contribution in [2.24, 2.45) is 4.99 Å². The molecule has 2 heterocycles. The fourth-order valence-electron chi connectivity index (χ4n) is 3.57. The van der Waals surface area contributed by atoms with Crippen LogP contribution < -0.4 is 4.74 Å². The number of amidine groups is 1. The molecule has 1 unspecified atom stereocenters. The number of likely N-dealkylation sites (N-methyl/N-ethyl adjacent to an activating group) is 1. The highest BCUT2D eigenvalue weighted by Gasteiger charge is 2.31. The van der Waals surface area contributed by atoms with Crippen LogP contribution in [-0.2, 0) is 9.53 Å². The van der Waals surface area contributed by atoms with Gasteiger partial charge in [-0.25, -0.2) is 4.99 Å². The third-order valence-corrected chi connectivity index (χ3v) is 5.44. The van der Waals surface area contributed by atoms with Crippen LogP contribution in [0.15, 0.2) is 47.5 Å². The monoisotopic (exact) mass is 399 g/mol. The lowest BCUT2D eigenvalue weighted by molar-refractivity contribution is -0.142. The number of para-hydroxylation sites is 1. The van der Waals surface area contributed by atoms with Gasteiger partial charge in [-0.15, -0.1) is 0 Å². The molecule has 7 heteroatoms. The van der Waals surface area contributed by atoms with Gasteiger partial charge in [-0.1, -0.05) is 23.7 Å². The van der Waals surface area contributed by atoms with Gasteiger partial charge in [0.15, 0.2) is 5.75 Å². The average Bonchev–Trinajstić information content (AvgIpc) is 2.86. The Labute approximate surface area is 169 Å². The van der Waals surface area contributed by atoms with E-state index in [1.54, 1.807) is 6.07 Å². The van der Waals surface area contributed by atoms with Gasteiger partial charge in [0.25, 0.3) is 0 Å². The maximum absolute atomic E-state index is 11.8. The third-order valence-electron chi connectivity index (χ3n) is 5.20. The summed E-state index contributed by atoms with van der Waals surface area (Å²) in [5.41, 5.74) is 1.62. The highest BCUT2D eigenvalue weighted by molar-refractivity contribution is 6.31. The molecule has 1 atom stereocenters. The number of hydrogen-bond acceptors (Lipinski definition) is 6. The Hall–Kier alpha value is -2.57. The van der Waals surface area contributed by atoms with Crippen LogP contribution in [0.4, 0.5) is 5.69 Å². The highest BCUT2D eigenvalue weighted by Crippen LogP contribution is 2.39. The number of methoxy groups -OCH3 is 1. The number of carbonyl (C=O) groups is 1. The quantitative estimate of drug-likeness (QED) is 0.721. The summed E-state index contributed by atoms with van der Waals surface area (Å²) in [5.74, 6) is 2.06. The van der Waals surface area contributed by atoms with E-state index in [2.05, 4.69) is 9.80 Å². The van der Waals surface area contributed by atoms with Gasteiger partial charge in [0, 0.05) is 30.7 Å². The van der Waals surface area contributed by atoms with E-state index in [0.29, 0.717) is 29.4 Å². The predicted octanol–water partition coefficient (Wildman–Crippen LogP) is 3.70. The lowest BCUT2D eigenvalue weighted by Crippen LogP contribution is -2.54. The SMILES string of the molecule is COC(=O)CC1CN(C2=Nc3cc(Cl)ccc3Oc3ccccc32)CCN1C. The van der Waals surface area contributed by atoms with E-state index >= 15 is 0 Å². The number of benzene rings is 2. The number of halogens is 1. The van der Waals surface area contributed by atoms with E-state index in [4.69, 9.17) is 26.1 Å². The Morgan fingerprint density at radius 3 is 2.89 bits per heavy atom. The maximum atomic E-state index is 11.8. The predicted molar refractivity (Wildman–Crippen MR) is 109 cm³/mol. The van der Waals surface area contributed by atoms with Crippen LogP contribution in [0.1, 0.15) is 12.0 Å². The molecule has 0 aliphatic carbocycles. The number of hydrogen-bond donors (Lipinski definition) is 0. The fraction of sp³-hybridized carbons (Fsp3) is 0.333. The molecule has 0 spiro atoms. The van der Waals surface area contributed by atoms with Crippen molar-refractivity contribution in [3.05, 3.63) is 53.1 Å². The molecule has 0 amide bonds. The van der Waals surface area contributed by atoms with Gasteiger partial charge >= 0.3 is 5.97 Å². The molecule has 2 aliphatic rings. The van der Waals surface area contributed by atoms with Gasteiger partial charge < -0.3 is 14.4 Å². The minimum atomic E-state index is -0.206. The third kappa shape index (κ3) is 3.70. The molecule has 1 fully saturated rings. The van der Waals surface area contributed by atoms with Crippen molar-refractivity contribution in [3.63, 3.8) is 0 Å². The van der Waals surface area contributed by atoms with E-state index in [1.165, 1.54) is 7.11 Å². The Morgan fingerprint density at radius 2 is 2.07 bits per heavy atom. The molecular weight excluding hydrogens is 378 g/mol. The Balaban J connectivity index is 1.73. The first-order valence-electron chi connectivity index (χ1n) is 9.22. The molecule has 0 radical (unpaired) electrons. The minimum Gasteiger partial charge on any atom is -0.469 e. The number of rotatable bonds is 2. The standard InChI is InChI=1S/C21H22ClN3O3/c1-24-9-10-25(13-15(24)12-20(26)27-2)21-16-5-3-4-6-18(16)28-19-8-7-14(22)11-17(19)23-21/h3-8,11,15H,9-10,12-13H2,1-2H3. The zero-order valence-electron chi connectivity index (χ0n) is 15.9. The molecule has 0 aromatic heterocycles. The van der Waals surface area contributed by atoms with Crippen molar-refractivity contribution in [3.8, 4) is 11.5 Å². The first-order chi connectivity index (χ1) is 13.5. The van der Waals surface area contributed by atoms with Gasteiger partial charge in [-0.3, -0.25) is 9.69 Å². The number of fused-ring (bicyclic) bond motifs is 2. The Kier molecular flexibility index (Phi) is 5.24. The molecule has 28 heavy (non-hydrogen) atoms. The van der Waals surface area contributed by atoms with Crippen LogP contribution in [0.2, 0.25) is 5.02 Å². The smallest absolute Gasteiger partial charge is 0.307 e. The first-order valence-corrected chi connectivity index (χ1v) is 9.60. The maximum Gasteiger partial charge on any atom is 0.307 e. The topological polar surface area (TPSA) is 54.4 Å². The number of esters is 1. The molecule has 0 saturated carbocycles. The molecule has 4 rings (SSSR count). The Morgan fingerprint density at radius 1 is 1.25 bits per heavy atom. The van der Waals surface area contributed by atoms with Crippen LogP contribution in [0.5, 0.6) is 11.5 Å². The highest BCUT2D eigenvalue weighted by atomic mass is 35.5. The summed E-state index contributed by atoms with van der Waals surface area (Å²) < 4.78 is 11.0. The molecule has 146 valence electrons. The van der Waals surface area contributed by atoms with Gasteiger partial charge in [-0.05, 0) is 37.4 Å². The summed E-state index contributed by atoms with van der Waals surface area (Å²) in [7, 11) is 3.46. The largest absolute Gasteiger partial charge is 0.469 e. The summed E-state index contributed by atoms with van der Waals surface area (Å²) in [6, 6.07) is 13.4. The second-order valence-corrected chi connectivity index (χ2v) is 7.44. The number of piperazine rings is 1. The second kappa shape index (κ2) is 7.81. The molecule has 2 aliphatic heterocycles. The molecule has 2 aromatic carbocycles. The normalized spacial score (nSPS) is 19.0. The van der Waals surface area contributed by atoms with Crippen molar-refractivity contribution >= 4 is 29.1 Å². The van der Waals surface area contributed by atoms with Crippen molar-refractivity contribution in [2.75, 3.05) is 33.8 Å². The summed E-state index contributed by atoms with van der Waals surface area (Å²) in [6.07, 6.45) is 0.345. The van der Waals surface area contributed by atoms with Crippen LogP contribution in [0.25, 0.3) is 0 Å². The van der Waals surface area contributed by atoms with Crippen LogP contribution in [0.3, 0.4) is 0 Å². The van der Waals surface area contributed by atoms with Crippen LogP contribution in [0, 0.1) is 0 Å².